The van der Waals surface area contributed by atoms with E-state index < -0.39 is 0 Å². The minimum atomic E-state index is -0.380. The normalized spacial score (nSPS) is 10.9. The number of hydrogen-bond acceptors (Lipinski definition) is 3. The molecule has 0 bridgehead atoms. The van der Waals surface area contributed by atoms with Crippen molar-refractivity contribution in [1.82, 2.24) is 10.6 Å². The average Bonchev–Trinajstić information content (AvgIpc) is 2.61. The van der Waals surface area contributed by atoms with Gasteiger partial charge in [-0.15, -0.1) is 0 Å². The number of nitrogens with one attached hydrogen (secondary N) is 2. The van der Waals surface area contributed by atoms with E-state index in [1.54, 1.807) is 55.7 Å². The monoisotopic (exact) mass is 388 g/mol. The van der Waals surface area contributed by atoms with Crippen molar-refractivity contribution in [3.63, 3.8) is 0 Å². The molecule has 0 saturated heterocycles. The molecular formula is C18H17BrN2O3. The first-order chi connectivity index (χ1) is 11.5. The third-order valence-electron chi connectivity index (χ3n) is 3.23. The van der Waals surface area contributed by atoms with Gasteiger partial charge < -0.3 is 15.4 Å². The van der Waals surface area contributed by atoms with Crippen molar-refractivity contribution in [3.05, 3.63) is 69.8 Å². The summed E-state index contributed by atoms with van der Waals surface area (Å²) in [6, 6.07) is 14.1. The molecule has 6 heteroatoms. The lowest BCUT2D eigenvalue weighted by molar-refractivity contribution is -0.117. The Morgan fingerprint density at radius 2 is 1.83 bits per heavy atom. The van der Waals surface area contributed by atoms with E-state index in [1.165, 1.54) is 7.05 Å². The number of ether oxygens (including phenoxy) is 1. The minimum Gasteiger partial charge on any atom is -0.497 e. The number of halogens is 1. The van der Waals surface area contributed by atoms with Crippen molar-refractivity contribution in [2.45, 2.75) is 0 Å². The molecule has 24 heavy (non-hydrogen) atoms. The lowest BCUT2D eigenvalue weighted by Gasteiger charge is -2.09. The number of methoxy groups -OCH3 is 1. The van der Waals surface area contributed by atoms with E-state index in [9.17, 15) is 9.59 Å². The average molecular weight is 389 g/mol. The quantitative estimate of drug-likeness (QED) is 0.773. The van der Waals surface area contributed by atoms with E-state index in [0.29, 0.717) is 11.3 Å². The minimum absolute atomic E-state index is 0.160. The van der Waals surface area contributed by atoms with Crippen LogP contribution in [0, 0.1) is 0 Å². The number of likely N-dealkylation sites (N-methyl/N-ethyl adjacent to an activating group) is 1. The third-order valence-corrected chi connectivity index (χ3v) is 3.73. The highest BCUT2D eigenvalue weighted by atomic mass is 79.9. The zero-order valence-electron chi connectivity index (χ0n) is 13.3. The first-order valence-corrected chi connectivity index (χ1v) is 7.97. The van der Waals surface area contributed by atoms with Crippen LogP contribution in [0.3, 0.4) is 0 Å². The fraction of sp³-hybridized carbons (Fsp3) is 0.111. The van der Waals surface area contributed by atoms with Gasteiger partial charge in [0.05, 0.1) is 7.11 Å². The molecule has 2 amide bonds. The van der Waals surface area contributed by atoms with Crippen LogP contribution < -0.4 is 15.4 Å². The Hall–Kier alpha value is -2.60. The molecule has 2 rings (SSSR count). The molecule has 2 N–H and O–H groups in total. The van der Waals surface area contributed by atoms with E-state index in [-0.39, 0.29) is 17.5 Å². The van der Waals surface area contributed by atoms with Gasteiger partial charge in [-0.2, -0.15) is 0 Å². The summed E-state index contributed by atoms with van der Waals surface area (Å²) in [7, 11) is 3.09. The molecule has 0 aliphatic rings. The van der Waals surface area contributed by atoms with Gasteiger partial charge in [-0.05, 0) is 42.0 Å². The van der Waals surface area contributed by atoms with Gasteiger partial charge in [0.2, 0.25) is 0 Å². The lowest BCUT2D eigenvalue weighted by atomic mass is 10.1. The highest BCUT2D eigenvalue weighted by molar-refractivity contribution is 9.10. The predicted molar refractivity (Wildman–Crippen MR) is 96.6 cm³/mol. The number of amides is 2. The van der Waals surface area contributed by atoms with E-state index in [2.05, 4.69) is 26.6 Å². The Labute approximate surface area is 148 Å². The second-order valence-electron chi connectivity index (χ2n) is 4.87. The molecule has 0 aliphatic carbocycles. The van der Waals surface area contributed by atoms with Crippen LogP contribution in [0.2, 0.25) is 0 Å². The molecule has 0 radical (unpaired) electrons. The number of hydrogen-bond donors (Lipinski definition) is 2. The Morgan fingerprint density at radius 3 is 2.42 bits per heavy atom. The molecular weight excluding hydrogens is 372 g/mol. The van der Waals surface area contributed by atoms with Gasteiger partial charge >= 0.3 is 0 Å². The first kappa shape index (κ1) is 17.7. The summed E-state index contributed by atoms with van der Waals surface area (Å²) < 4.78 is 5.89. The standard InChI is InChI=1S/C18H17BrN2O3/c1-20-18(23)16(10-12-6-8-15(24-2)9-7-12)21-17(22)13-4-3-5-14(19)11-13/h3-11H,1-2H3,(H,20,23)(H,21,22). The molecule has 0 aliphatic heterocycles. The number of rotatable bonds is 5. The Balaban J connectivity index is 2.26. The second-order valence-corrected chi connectivity index (χ2v) is 5.79. The number of carbonyl (C=O) groups excluding carboxylic acids is 2. The summed E-state index contributed by atoms with van der Waals surface area (Å²) in [5.74, 6) is -0.0272. The van der Waals surface area contributed by atoms with Gasteiger partial charge in [-0.25, -0.2) is 0 Å². The van der Waals surface area contributed by atoms with Crippen molar-refractivity contribution in [3.8, 4) is 5.75 Å². The topological polar surface area (TPSA) is 67.4 Å². The molecule has 0 unspecified atom stereocenters. The molecule has 0 saturated carbocycles. The van der Waals surface area contributed by atoms with E-state index in [4.69, 9.17) is 4.74 Å². The Morgan fingerprint density at radius 1 is 1.12 bits per heavy atom. The SMILES string of the molecule is CNC(=O)C(=Cc1ccc(OC)cc1)NC(=O)c1cccc(Br)c1. The summed E-state index contributed by atoms with van der Waals surface area (Å²) in [5.41, 5.74) is 1.38. The van der Waals surface area contributed by atoms with Gasteiger partial charge in [0.25, 0.3) is 11.8 Å². The summed E-state index contributed by atoms with van der Waals surface area (Å²) in [4.78, 5) is 24.4. The van der Waals surface area contributed by atoms with Gasteiger partial charge in [0.15, 0.2) is 0 Å². The fourth-order valence-corrected chi connectivity index (χ4v) is 2.38. The Kier molecular flexibility index (Phi) is 6.14. The lowest BCUT2D eigenvalue weighted by Crippen LogP contribution is -2.33. The largest absolute Gasteiger partial charge is 0.497 e. The van der Waals surface area contributed by atoms with Crippen LogP contribution in [-0.4, -0.2) is 26.0 Å². The van der Waals surface area contributed by atoms with Gasteiger partial charge in [0, 0.05) is 17.1 Å². The van der Waals surface area contributed by atoms with E-state index in [0.717, 1.165) is 10.0 Å². The van der Waals surface area contributed by atoms with Crippen molar-refractivity contribution in [2.75, 3.05) is 14.2 Å². The molecule has 0 heterocycles. The summed E-state index contributed by atoms with van der Waals surface area (Å²) in [5, 5.41) is 5.17. The van der Waals surface area contributed by atoms with Crippen molar-refractivity contribution in [2.24, 2.45) is 0 Å². The molecule has 0 fully saturated rings. The zero-order chi connectivity index (χ0) is 17.5. The van der Waals surface area contributed by atoms with Crippen LogP contribution in [0.25, 0.3) is 6.08 Å². The summed E-state index contributed by atoms with van der Waals surface area (Å²) in [6.07, 6.45) is 1.61. The van der Waals surface area contributed by atoms with Crippen LogP contribution in [0.1, 0.15) is 15.9 Å². The maximum atomic E-state index is 12.3. The smallest absolute Gasteiger partial charge is 0.267 e. The van der Waals surface area contributed by atoms with Gasteiger partial charge in [0.1, 0.15) is 11.4 Å². The maximum absolute atomic E-state index is 12.3. The van der Waals surface area contributed by atoms with Crippen LogP contribution in [0.15, 0.2) is 58.7 Å². The highest BCUT2D eigenvalue weighted by Crippen LogP contribution is 2.15. The Bertz CT molecular complexity index is 770. The van der Waals surface area contributed by atoms with Gasteiger partial charge in [-0.1, -0.05) is 34.1 Å². The van der Waals surface area contributed by atoms with Crippen LogP contribution >= 0.6 is 15.9 Å². The molecule has 0 aromatic heterocycles. The molecule has 124 valence electrons. The third kappa shape index (κ3) is 4.70. The van der Waals surface area contributed by atoms with Gasteiger partial charge in [-0.3, -0.25) is 9.59 Å². The predicted octanol–water partition coefficient (Wildman–Crippen LogP) is 2.97. The maximum Gasteiger partial charge on any atom is 0.267 e. The summed E-state index contributed by atoms with van der Waals surface area (Å²) >= 11 is 3.32. The number of benzene rings is 2. The fourth-order valence-electron chi connectivity index (χ4n) is 1.98. The highest BCUT2D eigenvalue weighted by Gasteiger charge is 2.13. The van der Waals surface area contributed by atoms with Crippen LogP contribution in [0.5, 0.6) is 5.75 Å². The van der Waals surface area contributed by atoms with Crippen LogP contribution in [-0.2, 0) is 4.79 Å². The molecule has 2 aromatic rings. The van der Waals surface area contributed by atoms with Crippen molar-refractivity contribution in [1.29, 1.82) is 0 Å². The van der Waals surface area contributed by atoms with E-state index >= 15 is 0 Å². The van der Waals surface area contributed by atoms with Crippen molar-refractivity contribution < 1.29 is 14.3 Å². The van der Waals surface area contributed by atoms with E-state index in [1.807, 2.05) is 6.07 Å². The molecule has 5 nitrogen and oxygen atoms in total. The first-order valence-electron chi connectivity index (χ1n) is 7.18. The second kappa shape index (κ2) is 8.31. The molecule has 2 aromatic carbocycles. The van der Waals surface area contributed by atoms with Crippen molar-refractivity contribution >= 4 is 33.8 Å². The summed E-state index contributed by atoms with van der Waals surface area (Å²) in [6.45, 7) is 0. The molecule has 0 spiro atoms. The van der Waals surface area contributed by atoms with Crippen LogP contribution in [0.4, 0.5) is 0 Å². The zero-order valence-corrected chi connectivity index (χ0v) is 14.9. The number of carbonyl (C=O) groups is 2. The molecule has 0 atom stereocenters.